The molecule has 144 valence electrons. The van der Waals surface area contributed by atoms with Gasteiger partial charge in [-0.25, -0.2) is 4.39 Å². The fourth-order valence-corrected chi connectivity index (χ4v) is 3.02. The molecule has 2 atom stereocenters. The van der Waals surface area contributed by atoms with E-state index in [0.29, 0.717) is 6.54 Å². The maximum Gasteiger partial charge on any atom is 0.314 e. The van der Waals surface area contributed by atoms with Gasteiger partial charge in [0.1, 0.15) is 5.82 Å². The number of alkyl halides is 2. The van der Waals surface area contributed by atoms with E-state index >= 15 is 0 Å². The highest BCUT2D eigenvalue weighted by Crippen LogP contribution is 2.53. The smallest absolute Gasteiger partial charge is 0.314 e. The molecule has 27 heavy (non-hydrogen) atoms. The van der Waals surface area contributed by atoms with Gasteiger partial charge in [0.15, 0.2) is 0 Å². The molecular formula is C21H24F3N3. The van der Waals surface area contributed by atoms with Gasteiger partial charge in [-0.05, 0) is 66.3 Å². The van der Waals surface area contributed by atoms with Gasteiger partial charge in [-0.3, -0.25) is 9.98 Å². The minimum absolute atomic E-state index is 0.0554. The van der Waals surface area contributed by atoms with Crippen molar-refractivity contribution in [1.82, 2.24) is 4.90 Å². The Hall–Kier alpha value is -2.63. The van der Waals surface area contributed by atoms with Crippen LogP contribution in [0.3, 0.4) is 0 Å². The zero-order valence-electron chi connectivity index (χ0n) is 15.6. The van der Waals surface area contributed by atoms with E-state index in [1.165, 1.54) is 25.4 Å². The SMILES string of the molecule is C=C/C(=C\N(C)C(F)F)C1CC1c1cc(F)ccc1C/N=C\C(C)=C/N=C. The predicted octanol–water partition coefficient (Wildman–Crippen LogP) is 5.33. The van der Waals surface area contributed by atoms with Gasteiger partial charge in [-0.2, -0.15) is 8.78 Å². The summed E-state index contributed by atoms with van der Waals surface area (Å²) in [5, 5.41) is 0. The third-order valence-corrected chi connectivity index (χ3v) is 4.47. The summed E-state index contributed by atoms with van der Waals surface area (Å²) in [5.74, 6) is -0.184. The lowest BCUT2D eigenvalue weighted by molar-refractivity contribution is 0.0221. The minimum Gasteiger partial charge on any atom is -0.325 e. The summed E-state index contributed by atoms with van der Waals surface area (Å²) in [4.78, 5) is 8.91. The van der Waals surface area contributed by atoms with E-state index in [1.807, 2.05) is 6.92 Å². The number of hydrogen-bond acceptors (Lipinski definition) is 3. The van der Waals surface area contributed by atoms with Crippen LogP contribution >= 0.6 is 0 Å². The second kappa shape index (κ2) is 9.35. The summed E-state index contributed by atoms with van der Waals surface area (Å²) >= 11 is 0. The highest BCUT2D eigenvalue weighted by atomic mass is 19.3. The zero-order valence-corrected chi connectivity index (χ0v) is 15.6. The van der Waals surface area contributed by atoms with Gasteiger partial charge in [-0.15, -0.1) is 0 Å². The summed E-state index contributed by atoms with van der Waals surface area (Å²) in [6.45, 7) is 6.82. The van der Waals surface area contributed by atoms with E-state index in [-0.39, 0.29) is 17.7 Å². The number of hydrogen-bond donors (Lipinski definition) is 0. The average molecular weight is 375 g/mol. The molecule has 0 spiro atoms. The summed E-state index contributed by atoms with van der Waals surface area (Å²) in [6, 6.07) is 4.65. The number of benzene rings is 1. The zero-order chi connectivity index (χ0) is 20.0. The molecule has 0 amide bonds. The number of nitrogens with zero attached hydrogens (tertiary/aromatic N) is 3. The van der Waals surface area contributed by atoms with Gasteiger partial charge in [0.05, 0.1) is 6.54 Å². The van der Waals surface area contributed by atoms with Crippen LogP contribution in [-0.2, 0) is 6.54 Å². The highest BCUT2D eigenvalue weighted by molar-refractivity contribution is 5.77. The van der Waals surface area contributed by atoms with Crippen LogP contribution < -0.4 is 0 Å². The van der Waals surface area contributed by atoms with Crippen LogP contribution in [0.25, 0.3) is 0 Å². The third-order valence-electron chi connectivity index (χ3n) is 4.47. The molecule has 0 radical (unpaired) electrons. The summed E-state index contributed by atoms with van der Waals surface area (Å²) < 4.78 is 39.3. The first-order valence-corrected chi connectivity index (χ1v) is 8.62. The lowest BCUT2D eigenvalue weighted by Gasteiger charge is -2.14. The lowest BCUT2D eigenvalue weighted by Crippen LogP contribution is -2.18. The Labute approximate surface area is 158 Å². The number of aliphatic imine (C=N–C) groups is 2. The van der Waals surface area contributed by atoms with Crippen LogP contribution in [0.1, 0.15) is 30.4 Å². The van der Waals surface area contributed by atoms with Crippen LogP contribution in [0.5, 0.6) is 0 Å². The predicted molar refractivity (Wildman–Crippen MR) is 105 cm³/mol. The number of halogens is 3. The van der Waals surface area contributed by atoms with Gasteiger partial charge in [0, 0.05) is 25.7 Å². The van der Waals surface area contributed by atoms with Crippen molar-refractivity contribution in [1.29, 1.82) is 0 Å². The van der Waals surface area contributed by atoms with Crippen LogP contribution in [0.15, 0.2) is 64.4 Å². The largest absolute Gasteiger partial charge is 0.325 e. The monoisotopic (exact) mass is 375 g/mol. The Bertz CT molecular complexity index is 781. The molecule has 0 saturated heterocycles. The molecule has 1 aromatic carbocycles. The molecule has 1 aliphatic carbocycles. The molecule has 2 rings (SSSR count). The number of allylic oxidation sites excluding steroid dienone is 3. The Morgan fingerprint density at radius 1 is 1.41 bits per heavy atom. The number of rotatable bonds is 9. The summed E-state index contributed by atoms with van der Waals surface area (Å²) in [7, 11) is 1.32. The first kappa shape index (κ1) is 20.7. The topological polar surface area (TPSA) is 28.0 Å². The van der Waals surface area contributed by atoms with E-state index in [4.69, 9.17) is 0 Å². The van der Waals surface area contributed by atoms with Crippen molar-refractivity contribution in [2.45, 2.75) is 32.4 Å². The second-order valence-electron chi connectivity index (χ2n) is 6.59. The van der Waals surface area contributed by atoms with Crippen LogP contribution in [0.2, 0.25) is 0 Å². The van der Waals surface area contributed by atoms with E-state index in [1.54, 1.807) is 24.6 Å². The quantitative estimate of drug-likeness (QED) is 0.326. The van der Waals surface area contributed by atoms with E-state index in [0.717, 1.165) is 33.6 Å². The third kappa shape index (κ3) is 5.67. The second-order valence-corrected chi connectivity index (χ2v) is 6.59. The maximum absolute atomic E-state index is 13.8. The van der Waals surface area contributed by atoms with Crippen LogP contribution in [-0.4, -0.2) is 31.4 Å². The van der Waals surface area contributed by atoms with Crippen molar-refractivity contribution < 1.29 is 13.2 Å². The van der Waals surface area contributed by atoms with E-state index in [9.17, 15) is 13.2 Å². The molecule has 1 aromatic rings. The van der Waals surface area contributed by atoms with Crippen molar-refractivity contribution in [3.05, 3.63) is 71.3 Å². The molecule has 1 fully saturated rings. The highest BCUT2D eigenvalue weighted by Gasteiger charge is 2.41. The molecule has 6 heteroatoms. The molecule has 0 heterocycles. The normalized spacial score (nSPS) is 20.2. The average Bonchev–Trinajstić information content (AvgIpc) is 3.41. The van der Waals surface area contributed by atoms with Crippen molar-refractivity contribution in [2.24, 2.45) is 15.9 Å². The van der Waals surface area contributed by atoms with Crippen LogP contribution in [0, 0.1) is 11.7 Å². The van der Waals surface area contributed by atoms with Gasteiger partial charge in [0.25, 0.3) is 0 Å². The fraction of sp³-hybridized carbons (Fsp3) is 0.333. The Kier molecular flexibility index (Phi) is 7.16. The van der Waals surface area contributed by atoms with Gasteiger partial charge in [0.2, 0.25) is 0 Å². The summed E-state index contributed by atoms with van der Waals surface area (Å²) in [6.07, 6.45) is 7.08. The van der Waals surface area contributed by atoms with E-state index in [2.05, 4.69) is 23.3 Å². The molecule has 0 aliphatic heterocycles. The molecule has 0 bridgehead atoms. The van der Waals surface area contributed by atoms with Gasteiger partial charge < -0.3 is 4.90 Å². The van der Waals surface area contributed by atoms with Gasteiger partial charge >= 0.3 is 6.55 Å². The molecule has 3 nitrogen and oxygen atoms in total. The molecule has 0 N–H and O–H groups in total. The molecule has 1 saturated carbocycles. The van der Waals surface area contributed by atoms with Crippen molar-refractivity contribution in [3.8, 4) is 0 Å². The standard InChI is InChI=1S/C21H24F3N3/c1-5-15(13-27(4)21(23)24)19-9-20(19)18-8-17(22)7-6-16(18)12-26-11-14(2)10-25-3/h5-8,10-11,13,19-21H,1,3,9,12H2,2,4H3/b14-10-,15-13+,26-11-. The van der Waals surface area contributed by atoms with Crippen molar-refractivity contribution >= 4 is 12.9 Å². The van der Waals surface area contributed by atoms with E-state index < -0.39 is 6.55 Å². The lowest BCUT2D eigenvalue weighted by atomic mass is 9.99. The Morgan fingerprint density at radius 2 is 2.15 bits per heavy atom. The van der Waals surface area contributed by atoms with Gasteiger partial charge in [-0.1, -0.05) is 18.7 Å². The van der Waals surface area contributed by atoms with Crippen molar-refractivity contribution in [2.75, 3.05) is 7.05 Å². The molecule has 2 unspecified atom stereocenters. The Balaban J connectivity index is 2.19. The van der Waals surface area contributed by atoms with Crippen LogP contribution in [0.4, 0.5) is 13.2 Å². The first-order chi connectivity index (χ1) is 12.9. The van der Waals surface area contributed by atoms with Crippen molar-refractivity contribution in [3.63, 3.8) is 0 Å². The Morgan fingerprint density at radius 3 is 2.78 bits per heavy atom. The summed E-state index contributed by atoms with van der Waals surface area (Å²) in [5.41, 5.74) is 3.39. The molecular weight excluding hydrogens is 351 g/mol. The fourth-order valence-electron chi connectivity index (χ4n) is 3.02. The maximum atomic E-state index is 13.8. The molecule has 0 aromatic heterocycles. The molecule has 1 aliphatic rings. The first-order valence-electron chi connectivity index (χ1n) is 8.62. The minimum atomic E-state index is -2.57.